The number of aryl methyl sites for hydroxylation is 1. The average molecular weight is 327 g/mol. The van der Waals surface area contributed by atoms with E-state index in [1.165, 1.54) is 6.33 Å². The fourth-order valence-corrected chi connectivity index (χ4v) is 2.15. The van der Waals surface area contributed by atoms with Crippen molar-refractivity contribution < 1.29 is 4.74 Å². The molecule has 23 heavy (non-hydrogen) atoms. The van der Waals surface area contributed by atoms with Gasteiger partial charge in [-0.05, 0) is 31.2 Å². The summed E-state index contributed by atoms with van der Waals surface area (Å²) in [5.41, 5.74) is 8.27. The van der Waals surface area contributed by atoms with Crippen LogP contribution in [0.5, 0.6) is 11.6 Å². The maximum atomic E-state index is 6.13. The zero-order chi connectivity index (χ0) is 16.2. The fraction of sp³-hybridized carbons (Fsp3) is 0.0588. The van der Waals surface area contributed by atoms with Crippen LogP contribution in [0.1, 0.15) is 5.56 Å². The van der Waals surface area contributed by atoms with Gasteiger partial charge in [0.05, 0.1) is 10.7 Å². The SMILES string of the molecule is Cc1ccc(Oc2ncnc(Nc3ccccc3Cl)c2N)cc1. The summed E-state index contributed by atoms with van der Waals surface area (Å²) in [6.45, 7) is 2.01. The molecule has 0 aliphatic carbocycles. The molecule has 0 spiro atoms. The minimum absolute atomic E-state index is 0.290. The average Bonchev–Trinajstić information content (AvgIpc) is 2.55. The molecule has 0 saturated carbocycles. The molecule has 3 aromatic rings. The molecular weight excluding hydrogens is 312 g/mol. The quantitative estimate of drug-likeness (QED) is 0.735. The van der Waals surface area contributed by atoms with Crippen molar-refractivity contribution in [2.24, 2.45) is 0 Å². The Morgan fingerprint density at radius 1 is 1.04 bits per heavy atom. The number of anilines is 3. The third-order valence-corrected chi connectivity index (χ3v) is 3.54. The normalized spacial score (nSPS) is 10.3. The summed E-state index contributed by atoms with van der Waals surface area (Å²) in [4.78, 5) is 8.23. The van der Waals surface area contributed by atoms with Gasteiger partial charge in [0.25, 0.3) is 0 Å². The largest absolute Gasteiger partial charge is 0.437 e. The van der Waals surface area contributed by atoms with Crippen molar-refractivity contribution in [1.82, 2.24) is 9.97 Å². The van der Waals surface area contributed by atoms with Gasteiger partial charge in [0.1, 0.15) is 17.8 Å². The first kappa shape index (κ1) is 15.1. The smallest absolute Gasteiger partial charge is 0.248 e. The van der Waals surface area contributed by atoms with Gasteiger partial charge in [-0.15, -0.1) is 0 Å². The Morgan fingerprint density at radius 2 is 1.78 bits per heavy atom. The first-order valence-electron chi connectivity index (χ1n) is 7.00. The summed E-state index contributed by atoms with van der Waals surface area (Å²) in [5.74, 6) is 1.39. The molecule has 0 unspecified atom stereocenters. The van der Waals surface area contributed by atoms with Gasteiger partial charge in [0.2, 0.25) is 5.88 Å². The maximum absolute atomic E-state index is 6.13. The van der Waals surface area contributed by atoms with E-state index in [4.69, 9.17) is 22.1 Å². The number of rotatable bonds is 4. The molecule has 0 aliphatic rings. The highest BCUT2D eigenvalue weighted by molar-refractivity contribution is 6.33. The molecule has 0 atom stereocenters. The number of hydrogen-bond donors (Lipinski definition) is 2. The minimum Gasteiger partial charge on any atom is -0.437 e. The van der Waals surface area contributed by atoms with Gasteiger partial charge in [-0.2, -0.15) is 4.98 Å². The minimum atomic E-state index is 0.290. The number of para-hydroxylation sites is 1. The van der Waals surface area contributed by atoms with Crippen LogP contribution in [0.25, 0.3) is 0 Å². The van der Waals surface area contributed by atoms with Crippen molar-refractivity contribution in [1.29, 1.82) is 0 Å². The summed E-state index contributed by atoms with van der Waals surface area (Å²) in [6.07, 6.45) is 1.39. The summed E-state index contributed by atoms with van der Waals surface area (Å²) in [7, 11) is 0. The van der Waals surface area contributed by atoms with Gasteiger partial charge < -0.3 is 15.8 Å². The highest BCUT2D eigenvalue weighted by atomic mass is 35.5. The second-order valence-corrected chi connectivity index (χ2v) is 5.37. The summed E-state index contributed by atoms with van der Waals surface area (Å²) in [5, 5.41) is 3.66. The van der Waals surface area contributed by atoms with E-state index in [2.05, 4.69) is 15.3 Å². The van der Waals surface area contributed by atoms with Crippen LogP contribution in [0.3, 0.4) is 0 Å². The monoisotopic (exact) mass is 326 g/mol. The van der Waals surface area contributed by atoms with Crippen LogP contribution in [0.2, 0.25) is 5.02 Å². The number of nitrogen functional groups attached to an aromatic ring is 1. The maximum Gasteiger partial charge on any atom is 0.248 e. The number of halogens is 1. The lowest BCUT2D eigenvalue weighted by Crippen LogP contribution is -2.03. The third-order valence-electron chi connectivity index (χ3n) is 3.21. The second-order valence-electron chi connectivity index (χ2n) is 4.96. The summed E-state index contributed by atoms with van der Waals surface area (Å²) >= 11 is 6.13. The molecule has 0 bridgehead atoms. The van der Waals surface area contributed by atoms with E-state index in [1.807, 2.05) is 49.4 Å². The predicted octanol–water partition coefficient (Wildman–Crippen LogP) is 4.56. The second kappa shape index (κ2) is 6.54. The zero-order valence-electron chi connectivity index (χ0n) is 12.5. The number of nitrogens with zero attached hydrogens (tertiary/aromatic N) is 2. The van der Waals surface area contributed by atoms with E-state index in [-0.39, 0.29) is 0 Å². The molecule has 6 heteroatoms. The number of nitrogens with two attached hydrogens (primary N) is 1. The molecule has 0 fully saturated rings. The molecule has 3 N–H and O–H groups in total. The van der Waals surface area contributed by atoms with Crippen LogP contribution in [-0.2, 0) is 0 Å². The van der Waals surface area contributed by atoms with Gasteiger partial charge in [0.15, 0.2) is 5.82 Å². The Balaban J connectivity index is 1.86. The number of benzene rings is 2. The molecule has 0 amide bonds. The van der Waals surface area contributed by atoms with Crippen LogP contribution in [-0.4, -0.2) is 9.97 Å². The Labute approximate surface area is 139 Å². The topological polar surface area (TPSA) is 73.1 Å². The molecule has 0 aliphatic heterocycles. The zero-order valence-corrected chi connectivity index (χ0v) is 13.2. The lowest BCUT2D eigenvalue weighted by molar-refractivity contribution is 0.464. The van der Waals surface area contributed by atoms with Gasteiger partial charge in [-0.3, -0.25) is 0 Å². The molecule has 5 nitrogen and oxygen atoms in total. The first-order chi connectivity index (χ1) is 11.1. The molecule has 116 valence electrons. The molecular formula is C17H15ClN4O. The van der Waals surface area contributed by atoms with E-state index in [9.17, 15) is 0 Å². The van der Waals surface area contributed by atoms with Gasteiger partial charge in [-0.1, -0.05) is 41.4 Å². The predicted molar refractivity (Wildman–Crippen MR) is 92.4 cm³/mol. The van der Waals surface area contributed by atoms with Crippen LogP contribution >= 0.6 is 11.6 Å². The number of aromatic nitrogens is 2. The first-order valence-corrected chi connectivity index (χ1v) is 7.38. The van der Waals surface area contributed by atoms with E-state index >= 15 is 0 Å². The third kappa shape index (κ3) is 3.52. The van der Waals surface area contributed by atoms with Crippen molar-refractivity contribution in [3.63, 3.8) is 0 Å². The summed E-state index contributed by atoms with van der Waals surface area (Å²) < 4.78 is 5.72. The van der Waals surface area contributed by atoms with Gasteiger partial charge >= 0.3 is 0 Å². The standard InChI is InChI=1S/C17H15ClN4O/c1-11-6-8-12(9-7-11)23-17-15(19)16(20-10-21-17)22-14-5-3-2-4-13(14)18/h2-10H,19H2,1H3,(H,20,21,22). The Hall–Kier alpha value is -2.79. The van der Waals surface area contributed by atoms with Gasteiger partial charge in [-0.25, -0.2) is 4.98 Å². The Bertz CT molecular complexity index is 821. The fourth-order valence-electron chi connectivity index (χ4n) is 1.97. The molecule has 3 rings (SSSR count). The van der Waals surface area contributed by atoms with Crippen molar-refractivity contribution in [2.45, 2.75) is 6.92 Å². The van der Waals surface area contributed by atoms with E-state index in [1.54, 1.807) is 6.07 Å². The van der Waals surface area contributed by atoms with Gasteiger partial charge in [0, 0.05) is 0 Å². The van der Waals surface area contributed by atoms with Crippen LogP contribution < -0.4 is 15.8 Å². The highest BCUT2D eigenvalue weighted by Crippen LogP contribution is 2.32. The van der Waals surface area contributed by atoms with Crippen molar-refractivity contribution in [3.8, 4) is 11.6 Å². The van der Waals surface area contributed by atoms with E-state index < -0.39 is 0 Å². The number of ether oxygens (including phenoxy) is 1. The molecule has 1 aromatic heterocycles. The van der Waals surface area contributed by atoms with Crippen molar-refractivity contribution in [2.75, 3.05) is 11.1 Å². The number of nitrogens with one attached hydrogen (secondary N) is 1. The number of hydrogen-bond acceptors (Lipinski definition) is 5. The lowest BCUT2D eigenvalue weighted by Gasteiger charge is -2.12. The molecule has 0 saturated heterocycles. The highest BCUT2D eigenvalue weighted by Gasteiger charge is 2.11. The molecule has 2 aromatic carbocycles. The lowest BCUT2D eigenvalue weighted by atomic mass is 10.2. The van der Waals surface area contributed by atoms with Crippen molar-refractivity contribution in [3.05, 3.63) is 65.4 Å². The van der Waals surface area contributed by atoms with Crippen LogP contribution in [0.4, 0.5) is 17.2 Å². The molecule has 1 heterocycles. The Morgan fingerprint density at radius 3 is 2.52 bits per heavy atom. The molecule has 0 radical (unpaired) electrons. The van der Waals surface area contributed by atoms with Crippen LogP contribution in [0, 0.1) is 6.92 Å². The van der Waals surface area contributed by atoms with Crippen LogP contribution in [0.15, 0.2) is 54.9 Å². The van der Waals surface area contributed by atoms with E-state index in [0.29, 0.717) is 33.8 Å². The summed E-state index contributed by atoms with van der Waals surface area (Å²) in [6, 6.07) is 15.0. The van der Waals surface area contributed by atoms with E-state index in [0.717, 1.165) is 5.56 Å². The Kier molecular flexibility index (Phi) is 4.30. The van der Waals surface area contributed by atoms with Crippen molar-refractivity contribution >= 4 is 28.8 Å².